The van der Waals surface area contributed by atoms with Crippen LogP contribution < -0.4 is 0 Å². The summed E-state index contributed by atoms with van der Waals surface area (Å²) in [4.78, 5) is 36.0. The van der Waals surface area contributed by atoms with Crippen molar-refractivity contribution in [3.05, 3.63) is 36.0 Å². The zero-order valence-electron chi connectivity index (χ0n) is 39.1. The molecule has 3 saturated heterocycles. The number of nitrogens with zero attached hydrogens (tertiary/aromatic N) is 2. The van der Waals surface area contributed by atoms with Gasteiger partial charge in [0.15, 0.2) is 6.29 Å². The number of oxime groups is 1. The van der Waals surface area contributed by atoms with Crippen LogP contribution in [-0.4, -0.2) is 151 Å². The summed E-state index contributed by atoms with van der Waals surface area (Å²) in [5.41, 5.74) is 2.59. The zero-order valence-corrected chi connectivity index (χ0v) is 39.1. The molecular weight excluding hydrogens is 813 g/mol. The van der Waals surface area contributed by atoms with E-state index in [1.807, 2.05) is 26.8 Å². The smallest absolute Gasteiger partial charge is 0.296 e. The average molecular weight is 891 g/mol. The minimum atomic E-state index is -2.41. The first-order valence-corrected chi connectivity index (χ1v) is 23.4. The number of piperidine rings is 1. The van der Waals surface area contributed by atoms with E-state index in [2.05, 4.69) is 30.8 Å². The molecule has 1 aliphatic carbocycles. The number of hydrogen-bond acceptors (Lipinski definition) is 14. The van der Waals surface area contributed by atoms with Crippen LogP contribution in [0.15, 0.2) is 41.1 Å². The molecule has 2 unspecified atom stereocenters. The normalized spacial score (nSPS) is 41.9. The molecule has 4 heterocycles. The number of amides is 1. The summed E-state index contributed by atoms with van der Waals surface area (Å²) in [5, 5.41) is 49.0. The highest BCUT2D eigenvalue weighted by molar-refractivity contribution is 6.38. The summed E-state index contributed by atoms with van der Waals surface area (Å²) in [6.45, 7) is 14.3. The van der Waals surface area contributed by atoms with Crippen molar-refractivity contribution in [1.29, 1.82) is 0 Å². The fourth-order valence-corrected chi connectivity index (χ4v) is 10.4. The molecule has 358 valence electrons. The summed E-state index contributed by atoms with van der Waals surface area (Å²) in [7, 11) is 4.75. The molecule has 5 aliphatic rings. The molecule has 0 radical (unpaired) electrons. The zero-order chi connectivity index (χ0) is 46.0. The third kappa shape index (κ3) is 12.9. The molecule has 0 aromatic rings. The van der Waals surface area contributed by atoms with Crippen molar-refractivity contribution >= 4 is 17.4 Å². The van der Waals surface area contributed by atoms with Crippen LogP contribution >= 0.6 is 0 Å². The van der Waals surface area contributed by atoms with Crippen LogP contribution in [0.5, 0.6) is 0 Å². The first-order valence-electron chi connectivity index (χ1n) is 23.4. The maximum absolute atomic E-state index is 14.4. The second-order valence-electron chi connectivity index (χ2n) is 19.0. The van der Waals surface area contributed by atoms with Crippen molar-refractivity contribution < 1.29 is 63.3 Å². The van der Waals surface area contributed by atoms with Gasteiger partial charge in [-0.1, -0.05) is 49.7 Å². The summed E-state index contributed by atoms with van der Waals surface area (Å²) in [6, 6.07) is -0.493. The largest absolute Gasteiger partial charge is 0.396 e. The van der Waals surface area contributed by atoms with E-state index in [1.165, 1.54) is 4.90 Å². The number of rotatable bonds is 11. The molecule has 15 heteroatoms. The Labute approximate surface area is 375 Å². The third-order valence-corrected chi connectivity index (χ3v) is 14.1. The van der Waals surface area contributed by atoms with Crippen molar-refractivity contribution in [3.8, 4) is 0 Å². The van der Waals surface area contributed by atoms with E-state index in [0.29, 0.717) is 63.6 Å². The molecule has 16 atom stereocenters. The molecule has 1 saturated carbocycles. The number of methoxy groups -OCH3 is 3. The van der Waals surface area contributed by atoms with Gasteiger partial charge in [-0.25, -0.2) is 0 Å². The van der Waals surface area contributed by atoms with Crippen molar-refractivity contribution in [1.82, 2.24) is 4.90 Å². The number of aliphatic hydroxyl groups excluding tert-OH is 3. The van der Waals surface area contributed by atoms with Gasteiger partial charge in [-0.2, -0.15) is 0 Å². The number of ketones is 1. The Kier molecular flexibility index (Phi) is 19.4. The van der Waals surface area contributed by atoms with Gasteiger partial charge < -0.3 is 58.6 Å². The van der Waals surface area contributed by atoms with Crippen LogP contribution in [0.4, 0.5) is 0 Å². The summed E-state index contributed by atoms with van der Waals surface area (Å²) >= 11 is 0. The molecule has 63 heavy (non-hydrogen) atoms. The van der Waals surface area contributed by atoms with Gasteiger partial charge in [0, 0.05) is 65.1 Å². The van der Waals surface area contributed by atoms with E-state index in [1.54, 1.807) is 28.3 Å². The maximum atomic E-state index is 14.4. The maximum Gasteiger partial charge on any atom is 0.296 e. The minimum Gasteiger partial charge on any atom is -0.396 e. The predicted molar refractivity (Wildman–Crippen MR) is 236 cm³/mol. The topological polar surface area (TPSA) is 199 Å². The first kappa shape index (κ1) is 51.4. The average Bonchev–Trinajstić information content (AvgIpc) is 4.04. The Bertz CT molecular complexity index is 1600. The van der Waals surface area contributed by atoms with E-state index in [4.69, 9.17) is 33.3 Å². The van der Waals surface area contributed by atoms with Crippen LogP contribution in [0.25, 0.3) is 0 Å². The number of ether oxygens (including phenoxy) is 6. The fourth-order valence-electron chi connectivity index (χ4n) is 10.4. The number of Topliss-reactive ketones (excluding diaryl/α,β-unsaturated/α-hetero) is 1. The van der Waals surface area contributed by atoms with Crippen molar-refractivity contribution in [2.24, 2.45) is 34.7 Å². The number of carbonyl (C=O) groups excluding carboxylic acids is 2. The number of aliphatic hydroxyl groups is 4. The van der Waals surface area contributed by atoms with Gasteiger partial charge in [-0.05, 0) is 95.5 Å². The SMILES string of the molecule is C=CC[C@@H]1/C=C(\C)C[C@H](C)C[C@H](OC)[C@H]2O[C@@](O)(C(=O)C(=O)N3CCCC[C@H]3C3OC3O[C@H](/C(C)=C/[C@@H]3CC[C@@H](O)[C@H](OC)C3)[C@H](C)[C@@H](O)C/C1=N/OCCCO)[C@H](C)C[C@@H]2OC. The van der Waals surface area contributed by atoms with Crippen LogP contribution in [0.3, 0.4) is 0 Å². The highest BCUT2D eigenvalue weighted by atomic mass is 16.8. The molecule has 4 N–H and O–H groups in total. The highest BCUT2D eigenvalue weighted by Crippen LogP contribution is 2.42. The van der Waals surface area contributed by atoms with Crippen LogP contribution in [0.2, 0.25) is 0 Å². The molecular formula is C48H78N2O13. The summed E-state index contributed by atoms with van der Waals surface area (Å²) in [6.07, 6.45) is 7.11. The van der Waals surface area contributed by atoms with Gasteiger partial charge >= 0.3 is 0 Å². The van der Waals surface area contributed by atoms with Crippen molar-refractivity contribution in [3.63, 3.8) is 0 Å². The molecule has 0 aromatic carbocycles. The second kappa shape index (κ2) is 23.7. The van der Waals surface area contributed by atoms with Crippen LogP contribution in [0.1, 0.15) is 112 Å². The number of epoxide rings is 1. The van der Waals surface area contributed by atoms with E-state index in [0.717, 1.165) is 24.0 Å². The number of carbonyl (C=O) groups is 2. The number of allylic oxidation sites excluding steroid dienone is 4. The van der Waals surface area contributed by atoms with Crippen molar-refractivity contribution in [2.45, 2.75) is 179 Å². The molecule has 4 aliphatic heterocycles. The minimum absolute atomic E-state index is 0.0433. The van der Waals surface area contributed by atoms with E-state index in [9.17, 15) is 30.0 Å². The van der Waals surface area contributed by atoms with Crippen LogP contribution in [0, 0.1) is 29.6 Å². The van der Waals surface area contributed by atoms with Gasteiger partial charge in [0.25, 0.3) is 11.7 Å². The monoisotopic (exact) mass is 891 g/mol. The van der Waals surface area contributed by atoms with E-state index < -0.39 is 84.4 Å². The van der Waals surface area contributed by atoms with E-state index >= 15 is 0 Å². The Hall–Kier alpha value is -2.57. The molecule has 0 aromatic heterocycles. The lowest BCUT2D eigenvalue weighted by molar-refractivity contribution is -0.302. The standard InChI is InChI=1S/C48H78N2O13/c1-10-14-34-22-28(2)21-29(3)23-40(58-8)44-41(59-9)25-31(5)48(56,63-44)45(54)46(55)50-18-12-11-15-36(50)43-47(62-43)61-42(30(4)24-33-16-17-37(52)39(26-33)57-7)32(6)38(53)27-35(34)49-60-20-13-19-51/h10,22,24,29,31-34,36-44,47,51-53,56H,1,11-21,23,25-27H2,2-9H3/b28-22+,30-24+,49-35-/t29-,31+,32+,33-,34+,36-,37+,38-,39+,40-,41-,42+,43?,44+,47?,48+/m0/s1. The third-order valence-electron chi connectivity index (χ3n) is 14.1. The van der Waals surface area contributed by atoms with Gasteiger partial charge in [0.1, 0.15) is 18.8 Å². The molecule has 4 fully saturated rings. The van der Waals surface area contributed by atoms with E-state index in [-0.39, 0.29) is 49.9 Å². The summed E-state index contributed by atoms with van der Waals surface area (Å²) < 4.78 is 37.0. The molecule has 5 rings (SSSR count). The first-order chi connectivity index (χ1) is 30.1. The Morgan fingerprint density at radius 2 is 1.67 bits per heavy atom. The lowest BCUT2D eigenvalue weighted by atomic mass is 9.81. The summed E-state index contributed by atoms with van der Waals surface area (Å²) in [5.74, 6) is -5.59. The lowest BCUT2D eigenvalue weighted by Crippen LogP contribution is -2.64. The second-order valence-corrected chi connectivity index (χ2v) is 19.0. The van der Waals surface area contributed by atoms with Gasteiger partial charge in [0.2, 0.25) is 5.79 Å². The fraction of sp³-hybridized carbons (Fsp3) is 0.812. The van der Waals surface area contributed by atoms with Gasteiger partial charge in [-0.3, -0.25) is 9.59 Å². The quantitative estimate of drug-likeness (QED) is 0.0710. The Morgan fingerprint density at radius 1 is 0.952 bits per heavy atom. The predicted octanol–water partition coefficient (Wildman–Crippen LogP) is 5.02. The van der Waals surface area contributed by atoms with Crippen LogP contribution in [-0.2, 0) is 42.8 Å². The van der Waals surface area contributed by atoms with Gasteiger partial charge in [-0.15, -0.1) is 6.58 Å². The Balaban J connectivity index is 1.55. The highest BCUT2D eigenvalue weighted by Gasteiger charge is 2.58. The molecule has 15 nitrogen and oxygen atoms in total. The Morgan fingerprint density at radius 3 is 2.35 bits per heavy atom. The number of fused-ring (bicyclic) bond motifs is 5. The lowest BCUT2D eigenvalue weighted by Gasteiger charge is -2.47. The molecule has 2 bridgehead atoms. The molecule has 0 spiro atoms. The number of hydrogen-bond donors (Lipinski definition) is 4. The van der Waals surface area contributed by atoms with Gasteiger partial charge in [0.05, 0.1) is 48.4 Å². The van der Waals surface area contributed by atoms with Crippen molar-refractivity contribution in [2.75, 3.05) is 41.1 Å². The molecule has 1 amide bonds.